The van der Waals surface area contributed by atoms with Crippen molar-refractivity contribution in [3.8, 4) is 0 Å². The summed E-state index contributed by atoms with van der Waals surface area (Å²) in [5.74, 6) is -0.816. The lowest BCUT2D eigenvalue weighted by Gasteiger charge is -2.23. The van der Waals surface area contributed by atoms with Gasteiger partial charge in [0.15, 0.2) is 0 Å². The molecule has 0 N–H and O–H groups in total. The van der Waals surface area contributed by atoms with E-state index >= 15 is 0 Å². The van der Waals surface area contributed by atoms with Gasteiger partial charge in [0, 0.05) is 0 Å². The highest BCUT2D eigenvalue weighted by Gasteiger charge is 2.71. The fraction of sp³-hybridized carbons (Fsp3) is 0.750. The maximum absolute atomic E-state index is 14.1. The molecule has 3 aliphatic rings. The predicted octanol–water partition coefficient (Wildman–Crippen LogP) is 0.672. The van der Waals surface area contributed by atoms with Crippen molar-refractivity contribution < 1.29 is 18.7 Å². The smallest absolute Gasteiger partial charge is 0.237 e. The predicted molar refractivity (Wildman–Crippen MR) is 42.8 cm³/mol. The first kappa shape index (κ1) is 7.94. The van der Waals surface area contributed by atoms with Gasteiger partial charge in [0.2, 0.25) is 15.9 Å². The summed E-state index contributed by atoms with van der Waals surface area (Å²) in [6.07, 6.45) is 0.271. The molecule has 70 valence electrons. The van der Waals surface area contributed by atoms with Crippen molar-refractivity contribution in [2.45, 2.75) is 30.7 Å². The van der Waals surface area contributed by atoms with Gasteiger partial charge in [-0.1, -0.05) is 0 Å². The Labute approximate surface area is 78.0 Å². The van der Waals surface area contributed by atoms with Gasteiger partial charge in [-0.05, 0) is 24.6 Å². The van der Waals surface area contributed by atoms with Crippen LogP contribution in [0.5, 0.6) is 0 Å². The molecule has 3 heterocycles. The van der Waals surface area contributed by atoms with Gasteiger partial charge < -0.3 is 4.74 Å². The Morgan fingerprint density at radius 2 is 2.23 bits per heavy atom. The molecule has 0 saturated carbocycles. The van der Waals surface area contributed by atoms with Crippen LogP contribution in [0.4, 0.5) is 4.39 Å². The highest BCUT2D eigenvalue weighted by atomic mass is 32.2. The minimum Gasteiger partial charge on any atom is -0.370 e. The van der Waals surface area contributed by atoms with E-state index in [9.17, 15) is 14.0 Å². The third-order valence-electron chi connectivity index (χ3n) is 3.11. The zero-order chi connectivity index (χ0) is 9.22. The topological polar surface area (TPSA) is 43.4 Å². The van der Waals surface area contributed by atoms with Gasteiger partial charge in [-0.3, -0.25) is 9.59 Å². The van der Waals surface area contributed by atoms with Crippen LogP contribution in [0.3, 0.4) is 0 Å². The number of hydrogen-bond donors (Lipinski definition) is 0. The summed E-state index contributed by atoms with van der Waals surface area (Å²) in [6, 6.07) is 0. The average Bonchev–Trinajstić information content (AvgIpc) is 2.66. The first-order valence-electron chi connectivity index (χ1n) is 4.24. The van der Waals surface area contributed by atoms with Crippen molar-refractivity contribution in [2.24, 2.45) is 5.92 Å². The molecule has 0 unspecified atom stereocenters. The molecule has 3 saturated heterocycles. The molecule has 0 aromatic carbocycles. The normalized spacial score (nSPS) is 53.2. The molecular weight excluding hydrogens is 195 g/mol. The largest absolute Gasteiger partial charge is 0.370 e. The van der Waals surface area contributed by atoms with Gasteiger partial charge in [0.05, 0.1) is 12.0 Å². The van der Waals surface area contributed by atoms with Crippen LogP contribution in [0.25, 0.3) is 0 Å². The molecule has 0 radical (unpaired) electrons. The summed E-state index contributed by atoms with van der Waals surface area (Å²) in [7, 11) is 0. The summed E-state index contributed by atoms with van der Waals surface area (Å²) < 4.78 is 19.4. The Balaban J connectivity index is 2.12. The van der Waals surface area contributed by atoms with Crippen LogP contribution < -0.4 is 0 Å². The molecule has 0 aliphatic carbocycles. The van der Waals surface area contributed by atoms with Crippen LogP contribution in [0.2, 0.25) is 0 Å². The Hall–Kier alpha value is -0.420. The molecule has 3 rings (SSSR count). The fourth-order valence-electron chi connectivity index (χ4n) is 2.50. The van der Waals surface area contributed by atoms with Gasteiger partial charge in [0.25, 0.3) is 0 Å². The number of ether oxygens (including phenoxy) is 1. The molecule has 0 aromatic heterocycles. The van der Waals surface area contributed by atoms with Crippen LogP contribution >= 0.6 is 11.8 Å². The van der Waals surface area contributed by atoms with Crippen molar-refractivity contribution in [3.05, 3.63) is 0 Å². The maximum Gasteiger partial charge on any atom is 0.237 e. The van der Waals surface area contributed by atoms with Crippen molar-refractivity contribution in [1.29, 1.82) is 0 Å². The van der Waals surface area contributed by atoms with Crippen molar-refractivity contribution >= 4 is 22.0 Å². The second-order valence-corrected chi connectivity index (χ2v) is 4.67. The number of carbonyl (C=O) groups is 2. The van der Waals surface area contributed by atoms with Crippen molar-refractivity contribution in [3.63, 3.8) is 0 Å². The maximum atomic E-state index is 14.1. The van der Waals surface area contributed by atoms with Crippen LogP contribution in [0.1, 0.15) is 12.8 Å². The molecule has 4 atom stereocenters. The molecule has 3 nitrogen and oxygen atoms in total. The highest BCUT2D eigenvalue weighted by molar-refractivity contribution is 8.27. The lowest BCUT2D eigenvalue weighted by atomic mass is 9.78. The van der Waals surface area contributed by atoms with E-state index in [0.717, 1.165) is 0 Å². The van der Waals surface area contributed by atoms with Crippen LogP contribution in [0, 0.1) is 5.92 Å². The number of halogens is 1. The molecule has 3 aliphatic heterocycles. The molecular formula is C8H7FO3S. The molecule has 5 heteroatoms. The first-order valence-corrected chi connectivity index (χ1v) is 5.06. The van der Waals surface area contributed by atoms with E-state index in [4.69, 9.17) is 4.74 Å². The second kappa shape index (κ2) is 2.15. The van der Waals surface area contributed by atoms with Gasteiger partial charge >= 0.3 is 0 Å². The van der Waals surface area contributed by atoms with E-state index in [1.807, 2.05) is 0 Å². The molecule has 0 aromatic rings. The molecule has 2 bridgehead atoms. The minimum absolute atomic E-state index is 0.346. The third kappa shape index (κ3) is 0.714. The average molecular weight is 202 g/mol. The van der Waals surface area contributed by atoms with Gasteiger partial charge in [-0.2, -0.15) is 0 Å². The molecule has 13 heavy (non-hydrogen) atoms. The van der Waals surface area contributed by atoms with Gasteiger partial charge in [-0.25, -0.2) is 4.39 Å². The molecule has 0 spiro atoms. The van der Waals surface area contributed by atoms with Crippen molar-refractivity contribution in [2.75, 3.05) is 0 Å². The minimum atomic E-state index is -2.00. The van der Waals surface area contributed by atoms with Crippen LogP contribution in [-0.4, -0.2) is 28.1 Å². The summed E-state index contributed by atoms with van der Waals surface area (Å²) in [6.45, 7) is 0. The van der Waals surface area contributed by atoms with E-state index in [1.165, 1.54) is 0 Å². The number of hydrogen-bond acceptors (Lipinski definition) is 4. The third-order valence-corrected chi connectivity index (χ3v) is 4.06. The Bertz CT molecular complexity index is 319. The molecule has 3 fully saturated rings. The quantitative estimate of drug-likeness (QED) is 0.579. The monoisotopic (exact) mass is 202 g/mol. The summed E-state index contributed by atoms with van der Waals surface area (Å²) in [5, 5.41) is -0.991. The summed E-state index contributed by atoms with van der Waals surface area (Å²) in [5.41, 5.74) is -2.00. The lowest BCUT2D eigenvalue weighted by molar-refractivity contribution is -0.129. The Morgan fingerprint density at radius 1 is 1.46 bits per heavy atom. The number of thioether (sulfide) groups is 1. The van der Waals surface area contributed by atoms with E-state index in [1.54, 1.807) is 0 Å². The van der Waals surface area contributed by atoms with E-state index < -0.39 is 22.8 Å². The zero-order valence-corrected chi connectivity index (χ0v) is 7.47. The standard InChI is InChI=1S/C8H7FO3S/c9-8-4-2-1-3(12-4)5(8)6(10)13-7(8)11/h3-5H,1-2H2/t3-,4+,5+,8-/m0/s1. The van der Waals surface area contributed by atoms with E-state index in [2.05, 4.69) is 0 Å². The van der Waals surface area contributed by atoms with Crippen molar-refractivity contribution in [1.82, 2.24) is 0 Å². The number of alkyl halides is 1. The number of carbonyl (C=O) groups excluding carboxylic acids is 2. The summed E-state index contributed by atoms with van der Waals surface area (Å²) >= 11 is 0.526. The second-order valence-electron chi connectivity index (χ2n) is 3.69. The van der Waals surface area contributed by atoms with E-state index in [-0.39, 0.29) is 11.2 Å². The van der Waals surface area contributed by atoms with E-state index in [0.29, 0.717) is 24.6 Å². The fourth-order valence-corrected chi connectivity index (χ4v) is 3.55. The van der Waals surface area contributed by atoms with Gasteiger partial charge in [0.1, 0.15) is 6.10 Å². The Kier molecular flexibility index (Phi) is 1.31. The van der Waals surface area contributed by atoms with Crippen LogP contribution in [-0.2, 0) is 14.3 Å². The summed E-state index contributed by atoms with van der Waals surface area (Å²) in [4.78, 5) is 22.5. The zero-order valence-electron chi connectivity index (χ0n) is 6.66. The van der Waals surface area contributed by atoms with Crippen LogP contribution in [0.15, 0.2) is 0 Å². The molecule has 0 amide bonds. The number of rotatable bonds is 0. The SMILES string of the molecule is O=C1SC(=O)[C@]2(F)[C@H]3CC[C@H](O3)[C@H]12. The lowest BCUT2D eigenvalue weighted by Crippen LogP contribution is -2.45. The Morgan fingerprint density at radius 3 is 2.92 bits per heavy atom. The number of fused-ring (bicyclic) bond motifs is 5. The van der Waals surface area contributed by atoms with Gasteiger partial charge in [-0.15, -0.1) is 0 Å². The highest BCUT2D eigenvalue weighted by Crippen LogP contribution is 2.56. The first-order chi connectivity index (χ1) is 6.14.